The smallest absolute Gasteiger partial charge is 0.123 e. The Morgan fingerprint density at radius 1 is 1.54 bits per heavy atom. The Labute approximate surface area is 81.9 Å². The molecule has 0 saturated carbocycles. The number of carbonyl (C=O) groups is 1. The largest absolute Gasteiger partial charge is 0.303 e. The highest BCUT2D eigenvalue weighted by Crippen LogP contribution is 2.28. The molecule has 1 aliphatic rings. The van der Waals surface area contributed by atoms with Gasteiger partial charge < -0.3 is 4.79 Å². The molecular weight excluding hydrogens is 186 g/mol. The minimum Gasteiger partial charge on any atom is -0.303 e. The SMILES string of the molecule is O=CC1Cc2cncc(CCl)c2C1. The van der Waals surface area contributed by atoms with Gasteiger partial charge in [-0.2, -0.15) is 0 Å². The minimum absolute atomic E-state index is 0.140. The molecule has 0 spiro atoms. The summed E-state index contributed by atoms with van der Waals surface area (Å²) in [7, 11) is 0. The molecule has 0 bridgehead atoms. The van der Waals surface area contributed by atoms with Crippen molar-refractivity contribution in [3.05, 3.63) is 29.1 Å². The number of aldehydes is 1. The fraction of sp³-hybridized carbons (Fsp3) is 0.400. The Morgan fingerprint density at radius 3 is 3.08 bits per heavy atom. The van der Waals surface area contributed by atoms with Crippen LogP contribution in [0.15, 0.2) is 12.4 Å². The van der Waals surface area contributed by atoms with Crippen molar-refractivity contribution in [1.29, 1.82) is 0 Å². The molecule has 1 heterocycles. The molecule has 1 unspecified atom stereocenters. The van der Waals surface area contributed by atoms with Crippen LogP contribution in [0, 0.1) is 5.92 Å². The van der Waals surface area contributed by atoms with Gasteiger partial charge in [-0.25, -0.2) is 0 Å². The number of hydrogen-bond acceptors (Lipinski definition) is 2. The van der Waals surface area contributed by atoms with Gasteiger partial charge in [-0.05, 0) is 29.5 Å². The minimum atomic E-state index is 0.140. The summed E-state index contributed by atoms with van der Waals surface area (Å²) >= 11 is 5.77. The second kappa shape index (κ2) is 3.46. The van der Waals surface area contributed by atoms with Gasteiger partial charge in [-0.1, -0.05) is 0 Å². The van der Waals surface area contributed by atoms with Crippen molar-refractivity contribution < 1.29 is 4.79 Å². The van der Waals surface area contributed by atoms with Gasteiger partial charge in [0.25, 0.3) is 0 Å². The van der Waals surface area contributed by atoms with E-state index < -0.39 is 0 Å². The van der Waals surface area contributed by atoms with Crippen molar-refractivity contribution in [3.63, 3.8) is 0 Å². The van der Waals surface area contributed by atoms with Gasteiger partial charge in [-0.3, -0.25) is 4.98 Å². The molecule has 13 heavy (non-hydrogen) atoms. The Hall–Kier alpha value is -0.890. The van der Waals surface area contributed by atoms with E-state index in [1.807, 2.05) is 6.20 Å². The highest BCUT2D eigenvalue weighted by Gasteiger charge is 2.23. The molecule has 1 atom stereocenters. The van der Waals surface area contributed by atoms with E-state index in [0.717, 1.165) is 24.7 Å². The fourth-order valence-corrected chi connectivity index (χ4v) is 2.08. The quantitative estimate of drug-likeness (QED) is 0.532. The molecule has 68 valence electrons. The lowest BCUT2D eigenvalue weighted by atomic mass is 10.1. The second-order valence-corrected chi connectivity index (χ2v) is 3.64. The Morgan fingerprint density at radius 2 is 2.38 bits per heavy atom. The summed E-state index contributed by atoms with van der Waals surface area (Å²) in [5.74, 6) is 0.628. The van der Waals surface area contributed by atoms with Crippen LogP contribution in [-0.2, 0) is 23.5 Å². The molecule has 0 aromatic carbocycles. The number of carbonyl (C=O) groups excluding carboxylic acids is 1. The normalized spacial score (nSPS) is 19.9. The first-order valence-corrected chi connectivity index (χ1v) is 4.84. The van der Waals surface area contributed by atoms with Gasteiger partial charge >= 0.3 is 0 Å². The van der Waals surface area contributed by atoms with Gasteiger partial charge in [-0.15, -0.1) is 11.6 Å². The van der Waals surface area contributed by atoms with Crippen LogP contribution in [0.5, 0.6) is 0 Å². The Balaban J connectivity index is 2.38. The standard InChI is InChI=1S/C10H10ClNO/c11-3-9-5-12-4-8-1-7(6-13)2-10(8)9/h4-7H,1-3H2. The predicted molar refractivity (Wildman–Crippen MR) is 50.8 cm³/mol. The third-order valence-corrected chi connectivity index (χ3v) is 2.81. The zero-order valence-electron chi connectivity index (χ0n) is 7.16. The maximum Gasteiger partial charge on any atom is 0.123 e. The zero-order valence-corrected chi connectivity index (χ0v) is 7.92. The van der Waals surface area contributed by atoms with Crippen LogP contribution in [0.1, 0.15) is 16.7 Å². The number of nitrogens with zero attached hydrogens (tertiary/aromatic N) is 1. The van der Waals surface area contributed by atoms with E-state index in [0.29, 0.717) is 5.88 Å². The first-order valence-electron chi connectivity index (χ1n) is 4.31. The summed E-state index contributed by atoms with van der Waals surface area (Å²) in [5, 5.41) is 0. The van der Waals surface area contributed by atoms with Gasteiger partial charge in [0.15, 0.2) is 0 Å². The van der Waals surface area contributed by atoms with E-state index in [1.54, 1.807) is 6.20 Å². The Bertz CT molecular complexity index is 338. The van der Waals surface area contributed by atoms with Crippen LogP contribution in [0.25, 0.3) is 0 Å². The van der Waals surface area contributed by atoms with Gasteiger partial charge in [0, 0.05) is 24.2 Å². The van der Waals surface area contributed by atoms with E-state index >= 15 is 0 Å². The number of rotatable bonds is 2. The monoisotopic (exact) mass is 195 g/mol. The van der Waals surface area contributed by atoms with E-state index in [2.05, 4.69) is 4.98 Å². The van der Waals surface area contributed by atoms with Crippen molar-refractivity contribution in [2.45, 2.75) is 18.7 Å². The molecule has 1 aromatic heterocycles. The summed E-state index contributed by atoms with van der Waals surface area (Å²) in [6, 6.07) is 0. The first kappa shape index (κ1) is 8.70. The van der Waals surface area contributed by atoms with Crippen LogP contribution in [0.3, 0.4) is 0 Å². The van der Waals surface area contributed by atoms with Crippen LogP contribution in [0.2, 0.25) is 0 Å². The Kier molecular flexibility index (Phi) is 2.32. The first-order chi connectivity index (χ1) is 6.35. The molecule has 2 nitrogen and oxygen atoms in total. The van der Waals surface area contributed by atoms with Crippen molar-refractivity contribution >= 4 is 17.9 Å². The molecule has 1 aliphatic carbocycles. The highest BCUT2D eigenvalue weighted by molar-refractivity contribution is 6.17. The summed E-state index contributed by atoms with van der Waals surface area (Å²) in [4.78, 5) is 14.7. The van der Waals surface area contributed by atoms with Gasteiger partial charge in [0.1, 0.15) is 6.29 Å². The van der Waals surface area contributed by atoms with Crippen LogP contribution >= 0.6 is 11.6 Å². The van der Waals surface area contributed by atoms with E-state index in [1.165, 1.54) is 11.1 Å². The molecule has 2 rings (SSSR count). The molecular formula is C10H10ClNO. The molecule has 0 fully saturated rings. The molecule has 3 heteroatoms. The molecule has 0 saturated heterocycles. The number of alkyl halides is 1. The summed E-state index contributed by atoms with van der Waals surface area (Å²) in [6.07, 6.45) is 6.33. The number of aromatic nitrogens is 1. The molecule has 0 N–H and O–H groups in total. The summed E-state index contributed by atoms with van der Waals surface area (Å²) in [6.45, 7) is 0. The van der Waals surface area contributed by atoms with Crippen LogP contribution in [0.4, 0.5) is 0 Å². The number of hydrogen-bond donors (Lipinski definition) is 0. The number of pyridine rings is 1. The molecule has 1 aromatic rings. The summed E-state index contributed by atoms with van der Waals surface area (Å²) < 4.78 is 0. The summed E-state index contributed by atoms with van der Waals surface area (Å²) in [5.41, 5.74) is 3.50. The van der Waals surface area contributed by atoms with E-state index in [4.69, 9.17) is 11.6 Å². The number of halogens is 1. The van der Waals surface area contributed by atoms with Crippen molar-refractivity contribution in [1.82, 2.24) is 4.98 Å². The van der Waals surface area contributed by atoms with Crippen molar-refractivity contribution in [2.24, 2.45) is 5.92 Å². The topological polar surface area (TPSA) is 30.0 Å². The average Bonchev–Trinajstić information content (AvgIpc) is 2.59. The van der Waals surface area contributed by atoms with Crippen LogP contribution in [-0.4, -0.2) is 11.3 Å². The van der Waals surface area contributed by atoms with Crippen molar-refractivity contribution in [2.75, 3.05) is 0 Å². The molecule has 0 radical (unpaired) electrons. The molecule has 0 aliphatic heterocycles. The van der Waals surface area contributed by atoms with Gasteiger partial charge in [0.2, 0.25) is 0 Å². The third-order valence-electron chi connectivity index (χ3n) is 2.52. The third kappa shape index (κ3) is 1.46. The fourth-order valence-electron chi connectivity index (χ4n) is 1.85. The highest BCUT2D eigenvalue weighted by atomic mass is 35.5. The number of fused-ring (bicyclic) bond motifs is 1. The lowest BCUT2D eigenvalue weighted by molar-refractivity contribution is -0.110. The van der Waals surface area contributed by atoms with E-state index in [9.17, 15) is 4.79 Å². The lowest BCUT2D eigenvalue weighted by Crippen LogP contribution is -1.99. The lowest BCUT2D eigenvalue weighted by Gasteiger charge is -2.02. The predicted octanol–water partition coefficient (Wildman–Crippen LogP) is 1.73. The van der Waals surface area contributed by atoms with Crippen LogP contribution < -0.4 is 0 Å². The molecule has 0 amide bonds. The zero-order chi connectivity index (χ0) is 9.26. The maximum atomic E-state index is 10.6. The average molecular weight is 196 g/mol. The van der Waals surface area contributed by atoms with Gasteiger partial charge in [0.05, 0.1) is 0 Å². The second-order valence-electron chi connectivity index (χ2n) is 3.37. The van der Waals surface area contributed by atoms with E-state index in [-0.39, 0.29) is 5.92 Å². The van der Waals surface area contributed by atoms with Crippen molar-refractivity contribution in [3.8, 4) is 0 Å². The maximum absolute atomic E-state index is 10.6.